The Balaban J connectivity index is 1.72. The molecule has 0 atom stereocenters. The van der Waals surface area contributed by atoms with Gasteiger partial charge in [-0.2, -0.15) is 0 Å². The highest BCUT2D eigenvalue weighted by Gasteiger charge is 1.96. The Bertz CT molecular complexity index is 497. The first-order chi connectivity index (χ1) is 9.38. The second kappa shape index (κ2) is 7.06. The number of anilines is 1. The van der Waals surface area contributed by atoms with Crippen molar-refractivity contribution in [3.8, 4) is 11.5 Å². The molecule has 0 spiro atoms. The average Bonchev–Trinajstić information content (AvgIpc) is 2.47. The number of carbonyl (C=O) groups excluding carboxylic acids is 1. The molecule has 0 saturated carbocycles. The van der Waals surface area contributed by atoms with Crippen LogP contribution in [-0.2, 0) is 4.79 Å². The van der Waals surface area contributed by atoms with E-state index in [9.17, 15) is 4.79 Å². The highest BCUT2D eigenvalue weighted by atomic mass is 16.5. The van der Waals surface area contributed by atoms with Crippen molar-refractivity contribution in [2.45, 2.75) is 0 Å². The van der Waals surface area contributed by atoms with Crippen molar-refractivity contribution in [1.82, 2.24) is 0 Å². The summed E-state index contributed by atoms with van der Waals surface area (Å²) in [7, 11) is 0. The zero-order valence-corrected chi connectivity index (χ0v) is 10.4. The van der Waals surface area contributed by atoms with Crippen molar-refractivity contribution in [2.75, 3.05) is 18.5 Å². The zero-order valence-electron chi connectivity index (χ0n) is 10.4. The predicted molar refractivity (Wildman–Crippen MR) is 73.6 cm³/mol. The topological polar surface area (TPSA) is 47.6 Å². The van der Waals surface area contributed by atoms with E-state index in [0.29, 0.717) is 19.6 Å². The lowest BCUT2D eigenvalue weighted by Crippen LogP contribution is -2.08. The van der Waals surface area contributed by atoms with Gasteiger partial charge in [-0.25, -0.2) is 0 Å². The van der Waals surface area contributed by atoms with Crippen LogP contribution in [0.5, 0.6) is 11.5 Å². The van der Waals surface area contributed by atoms with Gasteiger partial charge in [-0.05, 0) is 36.4 Å². The number of nitrogens with one attached hydrogen (secondary N) is 1. The number of carbonyl (C=O) groups is 1. The van der Waals surface area contributed by atoms with Crippen LogP contribution in [0.2, 0.25) is 0 Å². The summed E-state index contributed by atoms with van der Waals surface area (Å²) >= 11 is 0. The second-order valence-corrected chi connectivity index (χ2v) is 3.80. The van der Waals surface area contributed by atoms with Crippen LogP contribution in [0.15, 0.2) is 54.6 Å². The molecule has 2 aromatic carbocycles. The molecular formula is C15H15NO3. The number of para-hydroxylation sites is 1. The molecule has 0 aliphatic rings. The standard InChI is InChI=1S/C15H15NO3/c17-12-16-13-6-8-15(9-7-13)19-11-10-18-14-4-2-1-3-5-14/h1-9,12H,10-11H2,(H,16,17). The van der Waals surface area contributed by atoms with Crippen LogP contribution in [0.4, 0.5) is 5.69 Å². The molecule has 0 aliphatic heterocycles. The van der Waals surface area contributed by atoms with E-state index in [2.05, 4.69) is 5.32 Å². The molecule has 19 heavy (non-hydrogen) atoms. The Morgan fingerprint density at radius 2 is 1.42 bits per heavy atom. The maximum absolute atomic E-state index is 10.2. The van der Waals surface area contributed by atoms with Crippen molar-refractivity contribution in [3.05, 3.63) is 54.6 Å². The van der Waals surface area contributed by atoms with Gasteiger partial charge in [0.25, 0.3) is 0 Å². The lowest BCUT2D eigenvalue weighted by atomic mass is 10.3. The van der Waals surface area contributed by atoms with Gasteiger partial charge < -0.3 is 14.8 Å². The number of rotatable bonds is 7. The van der Waals surface area contributed by atoms with Crippen LogP contribution in [0.25, 0.3) is 0 Å². The monoisotopic (exact) mass is 257 g/mol. The van der Waals surface area contributed by atoms with Gasteiger partial charge in [-0.1, -0.05) is 18.2 Å². The minimum Gasteiger partial charge on any atom is -0.490 e. The van der Waals surface area contributed by atoms with E-state index in [1.54, 1.807) is 24.3 Å². The van der Waals surface area contributed by atoms with E-state index in [-0.39, 0.29) is 0 Å². The van der Waals surface area contributed by atoms with E-state index in [1.165, 1.54) is 0 Å². The van der Waals surface area contributed by atoms with Gasteiger partial charge in [0.2, 0.25) is 6.41 Å². The molecule has 0 aromatic heterocycles. The summed E-state index contributed by atoms with van der Waals surface area (Å²) in [6, 6.07) is 16.8. The fraction of sp³-hybridized carbons (Fsp3) is 0.133. The van der Waals surface area contributed by atoms with Crippen LogP contribution < -0.4 is 14.8 Å². The quantitative estimate of drug-likeness (QED) is 0.613. The number of hydrogen-bond donors (Lipinski definition) is 1. The summed E-state index contributed by atoms with van der Waals surface area (Å²) in [5, 5.41) is 2.56. The van der Waals surface area contributed by atoms with Gasteiger partial charge >= 0.3 is 0 Å². The molecule has 2 aromatic rings. The van der Waals surface area contributed by atoms with Crippen LogP contribution in [0, 0.1) is 0 Å². The Labute approximate surface area is 112 Å². The summed E-state index contributed by atoms with van der Waals surface area (Å²) in [6.07, 6.45) is 0.642. The summed E-state index contributed by atoms with van der Waals surface area (Å²) in [5.74, 6) is 1.57. The average molecular weight is 257 g/mol. The Kier molecular flexibility index (Phi) is 4.81. The van der Waals surface area contributed by atoms with E-state index < -0.39 is 0 Å². The largest absolute Gasteiger partial charge is 0.490 e. The lowest BCUT2D eigenvalue weighted by Gasteiger charge is -2.08. The number of ether oxygens (including phenoxy) is 2. The first kappa shape index (κ1) is 13.0. The van der Waals surface area contributed by atoms with Crippen LogP contribution in [0.3, 0.4) is 0 Å². The number of benzene rings is 2. The minimum atomic E-state index is 0.468. The SMILES string of the molecule is O=CNc1ccc(OCCOc2ccccc2)cc1. The highest BCUT2D eigenvalue weighted by molar-refractivity contribution is 5.71. The van der Waals surface area contributed by atoms with Crippen molar-refractivity contribution in [2.24, 2.45) is 0 Å². The predicted octanol–water partition coefficient (Wildman–Crippen LogP) is 2.71. The molecule has 0 bridgehead atoms. The van der Waals surface area contributed by atoms with E-state index in [1.807, 2.05) is 30.3 Å². The maximum atomic E-state index is 10.2. The number of amides is 1. The summed E-state index contributed by atoms with van der Waals surface area (Å²) in [4.78, 5) is 10.2. The van der Waals surface area contributed by atoms with Crippen molar-refractivity contribution in [1.29, 1.82) is 0 Å². The van der Waals surface area contributed by atoms with Gasteiger partial charge in [0.15, 0.2) is 0 Å². The van der Waals surface area contributed by atoms with E-state index in [4.69, 9.17) is 9.47 Å². The van der Waals surface area contributed by atoms with Gasteiger partial charge in [-0.3, -0.25) is 4.79 Å². The third-order valence-electron chi connectivity index (χ3n) is 2.44. The molecule has 4 heteroatoms. The van der Waals surface area contributed by atoms with E-state index in [0.717, 1.165) is 17.2 Å². The molecule has 1 amide bonds. The molecule has 2 rings (SSSR count). The Morgan fingerprint density at radius 1 is 0.842 bits per heavy atom. The van der Waals surface area contributed by atoms with Gasteiger partial charge in [0.1, 0.15) is 24.7 Å². The molecular weight excluding hydrogens is 242 g/mol. The smallest absolute Gasteiger partial charge is 0.211 e. The molecule has 0 saturated heterocycles. The zero-order chi connectivity index (χ0) is 13.3. The number of hydrogen-bond acceptors (Lipinski definition) is 3. The third-order valence-corrected chi connectivity index (χ3v) is 2.44. The van der Waals surface area contributed by atoms with Crippen molar-refractivity contribution in [3.63, 3.8) is 0 Å². The molecule has 0 heterocycles. The van der Waals surface area contributed by atoms with Crippen molar-refractivity contribution >= 4 is 12.1 Å². The lowest BCUT2D eigenvalue weighted by molar-refractivity contribution is -0.105. The first-order valence-corrected chi connectivity index (χ1v) is 5.99. The van der Waals surface area contributed by atoms with E-state index >= 15 is 0 Å². The van der Waals surface area contributed by atoms with Crippen LogP contribution in [0.1, 0.15) is 0 Å². The van der Waals surface area contributed by atoms with Crippen LogP contribution >= 0.6 is 0 Å². The fourth-order valence-corrected chi connectivity index (χ4v) is 1.55. The molecule has 4 nitrogen and oxygen atoms in total. The van der Waals surface area contributed by atoms with Crippen molar-refractivity contribution < 1.29 is 14.3 Å². The van der Waals surface area contributed by atoms with Gasteiger partial charge in [0.05, 0.1) is 0 Å². The third kappa shape index (κ3) is 4.35. The Hall–Kier alpha value is -2.49. The molecule has 1 N–H and O–H groups in total. The fourth-order valence-electron chi connectivity index (χ4n) is 1.55. The minimum absolute atomic E-state index is 0.468. The summed E-state index contributed by atoms with van der Waals surface area (Å²) in [6.45, 7) is 0.952. The molecule has 98 valence electrons. The van der Waals surface area contributed by atoms with Crippen LogP contribution in [-0.4, -0.2) is 19.6 Å². The molecule has 0 fully saturated rings. The molecule has 0 unspecified atom stereocenters. The summed E-state index contributed by atoms with van der Waals surface area (Å²) in [5.41, 5.74) is 0.739. The normalized spacial score (nSPS) is 9.68. The molecule has 0 radical (unpaired) electrons. The second-order valence-electron chi connectivity index (χ2n) is 3.80. The first-order valence-electron chi connectivity index (χ1n) is 5.99. The molecule has 0 aliphatic carbocycles. The van der Waals surface area contributed by atoms with Gasteiger partial charge in [0, 0.05) is 5.69 Å². The Morgan fingerprint density at radius 3 is 2.00 bits per heavy atom. The maximum Gasteiger partial charge on any atom is 0.211 e. The summed E-state index contributed by atoms with van der Waals surface area (Å²) < 4.78 is 11.0. The van der Waals surface area contributed by atoms with Gasteiger partial charge in [-0.15, -0.1) is 0 Å². The highest BCUT2D eigenvalue weighted by Crippen LogP contribution is 2.15.